The van der Waals surface area contributed by atoms with Gasteiger partial charge in [0.25, 0.3) is 6.71 Å². The Hall–Kier alpha value is -5.55. The van der Waals surface area contributed by atoms with Crippen molar-refractivity contribution in [1.82, 2.24) is 0 Å². The molecule has 4 aliphatic rings. The summed E-state index contributed by atoms with van der Waals surface area (Å²) in [6.07, 6.45) is 14.3. The van der Waals surface area contributed by atoms with Crippen molar-refractivity contribution in [3.05, 3.63) is 159 Å². The number of fused-ring (bicyclic) bond motifs is 6. The fraction of sp³-hybridized carbons (Fsp3) is 0.439. The van der Waals surface area contributed by atoms with Crippen molar-refractivity contribution in [3.8, 4) is 0 Å². The van der Waals surface area contributed by atoms with Crippen molar-refractivity contribution < 1.29 is 9.53 Å². The first-order valence-corrected chi connectivity index (χ1v) is 27.3. The van der Waals surface area contributed by atoms with Gasteiger partial charge in [0.1, 0.15) is 6.61 Å². The molecule has 5 heteroatoms. The van der Waals surface area contributed by atoms with E-state index in [0.29, 0.717) is 5.56 Å². The molecule has 0 atom stereocenters. The topological polar surface area (TPSA) is 32.8 Å². The van der Waals surface area contributed by atoms with Crippen LogP contribution in [0.25, 0.3) is 0 Å². The summed E-state index contributed by atoms with van der Waals surface area (Å²) in [6, 6.07) is 39.6. The van der Waals surface area contributed by atoms with Gasteiger partial charge in [-0.25, -0.2) is 4.79 Å². The zero-order chi connectivity index (χ0) is 50.2. The fourth-order valence-corrected chi connectivity index (χ4v) is 11.9. The Morgan fingerprint density at radius 3 is 1.18 bits per heavy atom. The molecule has 0 N–H and O–H groups in total. The van der Waals surface area contributed by atoms with Crippen LogP contribution in [0.2, 0.25) is 0 Å². The number of carbonyl (C=O) groups excluding carboxylic acids is 1. The molecule has 4 nitrogen and oxygen atoms in total. The molecular formula is C66H79BN2O2. The molecular weight excluding hydrogens is 864 g/mol. The quantitative estimate of drug-likeness (QED) is 0.127. The number of ether oxygens (including phenoxy) is 1. The maximum atomic E-state index is 15.1. The number of benzene rings is 6. The Labute approximate surface area is 427 Å². The highest BCUT2D eigenvalue weighted by Gasteiger charge is 2.45. The zero-order valence-electron chi connectivity index (χ0n) is 45.3. The van der Waals surface area contributed by atoms with E-state index in [-0.39, 0.29) is 40.9 Å². The largest absolute Gasteiger partial charge is 0.457 e. The van der Waals surface area contributed by atoms with E-state index in [1.807, 2.05) is 30.3 Å². The summed E-state index contributed by atoms with van der Waals surface area (Å²) in [4.78, 5) is 20.2. The lowest BCUT2D eigenvalue weighted by atomic mass is 9.33. The third-order valence-corrected chi connectivity index (χ3v) is 16.3. The third-order valence-electron chi connectivity index (χ3n) is 16.3. The summed E-state index contributed by atoms with van der Waals surface area (Å²) < 4.78 is 6.35. The van der Waals surface area contributed by atoms with Crippen LogP contribution in [-0.4, -0.2) is 12.7 Å². The molecule has 368 valence electrons. The standard InChI is InChI=1S/C66H79BN2O2/c1-63(2,3)49-36-50(64(4,5)6)39-53(38-49)68-57-32-46-28-22-15-13-20-26-44(46)30-55(57)67-56-31-45-27-21-14-16-23-29-47(45)33-58(56)69(54-40-51(65(7,8)9)37-52(41-54)66(10,11)12)60-35-48(34-59(68)61(60)67)62(70)71-42-43-24-18-17-19-25-43/h17-19,24-25,30-41H,13-16,20-23,26-29,42H2,1-12H3. The van der Waals surface area contributed by atoms with Gasteiger partial charge in [0, 0.05) is 34.1 Å². The predicted molar refractivity (Wildman–Crippen MR) is 303 cm³/mol. The fourth-order valence-electron chi connectivity index (χ4n) is 11.9. The van der Waals surface area contributed by atoms with Crippen molar-refractivity contribution >= 4 is 63.2 Å². The molecule has 0 amide bonds. The molecule has 0 fully saturated rings. The first kappa shape index (κ1) is 49.1. The summed E-state index contributed by atoms with van der Waals surface area (Å²) in [5, 5.41) is 0. The van der Waals surface area contributed by atoms with Gasteiger partial charge in [-0.15, -0.1) is 0 Å². The molecule has 0 radical (unpaired) electrons. The molecule has 0 bridgehead atoms. The third kappa shape index (κ3) is 9.64. The molecule has 2 aliphatic carbocycles. The van der Waals surface area contributed by atoms with Gasteiger partial charge in [-0.1, -0.05) is 163 Å². The Morgan fingerprint density at radius 1 is 0.451 bits per heavy atom. The van der Waals surface area contributed by atoms with Crippen LogP contribution in [0.15, 0.2) is 103 Å². The van der Waals surface area contributed by atoms with Gasteiger partial charge in [0.15, 0.2) is 0 Å². The van der Waals surface area contributed by atoms with Gasteiger partial charge in [-0.3, -0.25) is 0 Å². The lowest BCUT2D eigenvalue weighted by Gasteiger charge is -2.46. The normalized spacial score (nSPS) is 16.1. The second-order valence-corrected chi connectivity index (χ2v) is 25.8. The summed E-state index contributed by atoms with van der Waals surface area (Å²) in [5.74, 6) is -0.310. The lowest BCUT2D eigenvalue weighted by molar-refractivity contribution is 0.0472. The van der Waals surface area contributed by atoms with Crippen molar-refractivity contribution in [3.63, 3.8) is 0 Å². The minimum absolute atomic E-state index is 0.0425. The Kier molecular flexibility index (Phi) is 12.8. The molecule has 71 heavy (non-hydrogen) atoms. The van der Waals surface area contributed by atoms with E-state index in [0.717, 1.165) is 54.0 Å². The smallest absolute Gasteiger partial charge is 0.338 e. The number of aryl methyl sites for hydroxylation is 4. The van der Waals surface area contributed by atoms with E-state index in [9.17, 15) is 0 Å². The summed E-state index contributed by atoms with van der Waals surface area (Å²) in [5.41, 5.74) is 23.3. The zero-order valence-corrected chi connectivity index (χ0v) is 45.3. The lowest BCUT2D eigenvalue weighted by Crippen LogP contribution is -2.61. The van der Waals surface area contributed by atoms with Crippen molar-refractivity contribution in [2.75, 3.05) is 9.80 Å². The van der Waals surface area contributed by atoms with Crippen LogP contribution in [0.4, 0.5) is 34.1 Å². The Bertz CT molecular complexity index is 2770. The van der Waals surface area contributed by atoms with Gasteiger partial charge >= 0.3 is 5.97 Å². The number of nitrogens with zero attached hydrogens (tertiary/aromatic N) is 2. The van der Waals surface area contributed by atoms with Crippen molar-refractivity contribution in [2.45, 2.75) is 188 Å². The van der Waals surface area contributed by atoms with Crippen LogP contribution < -0.4 is 26.2 Å². The molecule has 6 aromatic rings. The molecule has 0 saturated carbocycles. The SMILES string of the molecule is CC(C)(C)c1cc(N2c3cc4c(cc3B3c5cc6c(cc5N(c5cc(C(C)(C)C)cc(C(C)(C)C)c5)c5cc(C(=O)OCc7ccccc7)cc2c53)CCCCCC6)CCCCCC4)cc(C(C)(C)C)c1. The van der Waals surface area contributed by atoms with Crippen LogP contribution in [0.5, 0.6) is 0 Å². The Morgan fingerprint density at radius 2 is 0.817 bits per heavy atom. The number of rotatable bonds is 5. The van der Waals surface area contributed by atoms with Crippen LogP contribution in [0, 0.1) is 0 Å². The van der Waals surface area contributed by atoms with Gasteiger partial charge in [-0.05, 0) is 188 Å². The molecule has 0 spiro atoms. The summed E-state index contributed by atoms with van der Waals surface area (Å²) in [6.45, 7) is 28.2. The first-order chi connectivity index (χ1) is 33.6. The molecule has 2 aliphatic heterocycles. The van der Waals surface area contributed by atoms with Crippen molar-refractivity contribution in [2.24, 2.45) is 0 Å². The molecule has 0 aromatic heterocycles. The van der Waals surface area contributed by atoms with E-state index in [2.05, 4.69) is 166 Å². The molecule has 0 saturated heterocycles. The van der Waals surface area contributed by atoms with Crippen LogP contribution in [-0.2, 0) is 58.7 Å². The maximum Gasteiger partial charge on any atom is 0.338 e. The van der Waals surface area contributed by atoms with Crippen LogP contribution in [0.3, 0.4) is 0 Å². The molecule has 10 rings (SSSR count). The van der Waals surface area contributed by atoms with Crippen molar-refractivity contribution in [1.29, 1.82) is 0 Å². The minimum atomic E-state index is -0.310. The average Bonchev–Trinajstić information content (AvgIpc) is 3.29. The van der Waals surface area contributed by atoms with Crippen LogP contribution >= 0.6 is 0 Å². The number of carbonyl (C=O) groups is 1. The van der Waals surface area contributed by atoms with Gasteiger partial charge in [-0.2, -0.15) is 0 Å². The monoisotopic (exact) mass is 943 g/mol. The highest BCUT2D eigenvalue weighted by atomic mass is 16.5. The number of esters is 1. The van der Waals surface area contributed by atoms with Gasteiger partial charge in [0.05, 0.1) is 5.56 Å². The molecule has 0 unspecified atom stereocenters. The van der Waals surface area contributed by atoms with E-state index < -0.39 is 0 Å². The molecule has 6 aromatic carbocycles. The number of hydrogen-bond acceptors (Lipinski definition) is 4. The van der Waals surface area contributed by atoms with Crippen LogP contribution in [0.1, 0.15) is 195 Å². The second kappa shape index (κ2) is 18.5. The van der Waals surface area contributed by atoms with Gasteiger partial charge in [0.2, 0.25) is 0 Å². The van der Waals surface area contributed by atoms with E-state index >= 15 is 4.79 Å². The predicted octanol–water partition coefficient (Wildman–Crippen LogP) is 15.6. The van der Waals surface area contributed by atoms with Gasteiger partial charge < -0.3 is 14.5 Å². The number of hydrogen-bond donors (Lipinski definition) is 0. The highest BCUT2D eigenvalue weighted by Crippen LogP contribution is 2.49. The van der Waals surface area contributed by atoms with E-state index in [1.165, 1.54) is 124 Å². The molecule has 2 heterocycles. The summed E-state index contributed by atoms with van der Waals surface area (Å²) >= 11 is 0. The highest BCUT2D eigenvalue weighted by molar-refractivity contribution is 7.00. The second-order valence-electron chi connectivity index (χ2n) is 25.8. The summed E-state index contributed by atoms with van der Waals surface area (Å²) in [7, 11) is 0. The van der Waals surface area contributed by atoms with E-state index in [4.69, 9.17) is 4.74 Å². The first-order valence-electron chi connectivity index (χ1n) is 27.3. The average molecular weight is 943 g/mol. The number of anilines is 6. The maximum absolute atomic E-state index is 15.1. The van der Waals surface area contributed by atoms with E-state index in [1.54, 1.807) is 0 Å². The minimum Gasteiger partial charge on any atom is -0.457 e. The Balaban J connectivity index is 1.34.